The quantitative estimate of drug-likeness (QED) is 0.755. The summed E-state index contributed by atoms with van der Waals surface area (Å²) in [4.78, 5) is 10.6. The molecule has 5 heteroatoms. The molecule has 1 aromatic heterocycles. The van der Waals surface area contributed by atoms with Crippen molar-refractivity contribution >= 4 is 16.9 Å². The van der Waals surface area contributed by atoms with E-state index in [2.05, 4.69) is 9.68 Å². The third-order valence-corrected chi connectivity index (χ3v) is 1.99. The molecule has 0 unspecified atom stereocenters. The van der Waals surface area contributed by atoms with E-state index in [1.807, 2.05) is 0 Å². The lowest BCUT2D eigenvalue weighted by Gasteiger charge is -1.95. The van der Waals surface area contributed by atoms with E-state index in [9.17, 15) is 9.18 Å². The number of rotatable bonds is 1. The van der Waals surface area contributed by atoms with Crippen molar-refractivity contribution in [1.82, 2.24) is 5.16 Å². The van der Waals surface area contributed by atoms with E-state index in [0.29, 0.717) is 11.1 Å². The van der Waals surface area contributed by atoms with Gasteiger partial charge in [0.15, 0.2) is 5.82 Å². The van der Waals surface area contributed by atoms with Crippen molar-refractivity contribution in [2.24, 2.45) is 0 Å². The van der Waals surface area contributed by atoms with Gasteiger partial charge in [0.2, 0.25) is 5.58 Å². The molecule has 0 atom stereocenters. The van der Waals surface area contributed by atoms with E-state index >= 15 is 0 Å². The van der Waals surface area contributed by atoms with Crippen molar-refractivity contribution in [2.75, 3.05) is 0 Å². The van der Waals surface area contributed by atoms with Gasteiger partial charge >= 0.3 is 5.97 Å². The van der Waals surface area contributed by atoms with Crippen molar-refractivity contribution in [2.45, 2.75) is 6.92 Å². The second-order valence-electron chi connectivity index (χ2n) is 2.88. The van der Waals surface area contributed by atoms with Crippen LogP contribution in [0.3, 0.4) is 0 Å². The number of hydrogen-bond donors (Lipinski definition) is 1. The minimum absolute atomic E-state index is 0.109. The molecule has 4 nitrogen and oxygen atoms in total. The minimum atomic E-state index is -1.32. The first-order valence-electron chi connectivity index (χ1n) is 3.89. The highest BCUT2D eigenvalue weighted by atomic mass is 19.1. The number of hydrogen-bond acceptors (Lipinski definition) is 3. The maximum atomic E-state index is 13.4. The zero-order valence-corrected chi connectivity index (χ0v) is 7.24. The van der Waals surface area contributed by atoms with E-state index in [4.69, 9.17) is 5.11 Å². The van der Waals surface area contributed by atoms with Crippen molar-refractivity contribution in [3.05, 3.63) is 29.2 Å². The summed E-state index contributed by atoms with van der Waals surface area (Å²) in [5.74, 6) is -2.20. The average molecular weight is 195 g/mol. The van der Waals surface area contributed by atoms with Gasteiger partial charge in [-0.25, -0.2) is 9.18 Å². The first-order valence-corrected chi connectivity index (χ1v) is 3.89. The van der Waals surface area contributed by atoms with E-state index < -0.39 is 17.3 Å². The number of aromatic carboxylic acids is 1. The van der Waals surface area contributed by atoms with Crippen LogP contribution in [0.2, 0.25) is 0 Å². The molecule has 14 heavy (non-hydrogen) atoms. The Balaban J connectivity index is 2.82. The fraction of sp³-hybridized carbons (Fsp3) is 0.111. The summed E-state index contributed by atoms with van der Waals surface area (Å²) in [5.41, 5.74) is 0.0203. The molecule has 2 aromatic rings. The molecule has 0 amide bonds. The van der Waals surface area contributed by atoms with Crippen LogP contribution in [0.4, 0.5) is 4.39 Å². The summed E-state index contributed by atoms with van der Waals surface area (Å²) in [7, 11) is 0. The van der Waals surface area contributed by atoms with Gasteiger partial charge in [-0.2, -0.15) is 0 Å². The van der Waals surface area contributed by atoms with Gasteiger partial charge in [-0.05, 0) is 19.1 Å². The Labute approximate surface area is 77.9 Å². The number of carboxylic acids is 1. The number of nitrogens with zero attached hydrogens (tertiary/aromatic N) is 1. The maximum absolute atomic E-state index is 13.4. The van der Waals surface area contributed by atoms with E-state index in [1.165, 1.54) is 12.1 Å². The number of aromatic nitrogens is 1. The molecular weight excluding hydrogens is 189 g/mol. The summed E-state index contributed by atoms with van der Waals surface area (Å²) >= 11 is 0. The zero-order chi connectivity index (χ0) is 10.3. The largest absolute Gasteiger partial charge is 0.478 e. The molecular formula is C9H6FNO3. The van der Waals surface area contributed by atoms with Crippen molar-refractivity contribution < 1.29 is 18.8 Å². The number of carboxylic acid groups (broad SMARTS) is 1. The first kappa shape index (κ1) is 8.68. The Kier molecular flexibility index (Phi) is 1.73. The van der Waals surface area contributed by atoms with Gasteiger partial charge in [-0.3, -0.25) is 0 Å². The first-order chi connectivity index (χ1) is 6.61. The molecule has 0 fully saturated rings. The molecule has 1 N–H and O–H groups in total. The lowest BCUT2D eigenvalue weighted by atomic mass is 10.1. The van der Waals surface area contributed by atoms with Crippen LogP contribution < -0.4 is 0 Å². The van der Waals surface area contributed by atoms with Gasteiger partial charge in [0.1, 0.15) is 0 Å². The lowest BCUT2D eigenvalue weighted by Crippen LogP contribution is -1.99. The van der Waals surface area contributed by atoms with Crippen LogP contribution >= 0.6 is 0 Å². The monoisotopic (exact) mass is 195 g/mol. The van der Waals surface area contributed by atoms with Crippen molar-refractivity contribution in [3.8, 4) is 0 Å². The lowest BCUT2D eigenvalue weighted by molar-refractivity contribution is 0.0692. The van der Waals surface area contributed by atoms with Crippen LogP contribution in [0, 0.1) is 12.7 Å². The van der Waals surface area contributed by atoms with Crippen LogP contribution in [-0.4, -0.2) is 16.2 Å². The summed E-state index contributed by atoms with van der Waals surface area (Å²) in [5, 5.41) is 12.7. The Morgan fingerprint density at radius 3 is 2.93 bits per heavy atom. The second-order valence-corrected chi connectivity index (χ2v) is 2.88. The van der Waals surface area contributed by atoms with Gasteiger partial charge in [0.05, 0.1) is 11.3 Å². The molecule has 0 saturated heterocycles. The van der Waals surface area contributed by atoms with Crippen molar-refractivity contribution in [3.63, 3.8) is 0 Å². The molecule has 1 aromatic carbocycles. The van der Waals surface area contributed by atoms with E-state index in [-0.39, 0.29) is 5.58 Å². The summed E-state index contributed by atoms with van der Waals surface area (Å²) in [6.07, 6.45) is 0. The fourth-order valence-electron chi connectivity index (χ4n) is 1.26. The molecule has 0 aliphatic heterocycles. The Bertz CT molecular complexity index is 518. The summed E-state index contributed by atoms with van der Waals surface area (Å²) in [6.45, 7) is 1.66. The molecule has 1 heterocycles. The van der Waals surface area contributed by atoms with Crippen LogP contribution in [-0.2, 0) is 0 Å². The Hall–Kier alpha value is -1.91. The SMILES string of the molecule is Cc1noc2c(F)c(C(=O)O)ccc12. The normalized spacial score (nSPS) is 10.7. The van der Waals surface area contributed by atoms with Crippen molar-refractivity contribution in [1.29, 1.82) is 0 Å². The molecule has 2 rings (SSSR count). The molecule has 0 aliphatic carbocycles. The summed E-state index contributed by atoms with van der Waals surface area (Å²) in [6, 6.07) is 2.68. The third kappa shape index (κ3) is 1.06. The molecule has 0 bridgehead atoms. The Morgan fingerprint density at radius 1 is 1.57 bits per heavy atom. The van der Waals surface area contributed by atoms with E-state index in [1.54, 1.807) is 6.92 Å². The van der Waals surface area contributed by atoms with Gasteiger partial charge in [0, 0.05) is 5.39 Å². The smallest absolute Gasteiger partial charge is 0.338 e. The number of aryl methyl sites for hydroxylation is 1. The number of benzene rings is 1. The number of carbonyl (C=O) groups is 1. The molecule has 72 valence electrons. The fourth-order valence-corrected chi connectivity index (χ4v) is 1.26. The van der Waals surface area contributed by atoms with Crippen LogP contribution in [0.1, 0.15) is 16.1 Å². The van der Waals surface area contributed by atoms with Crippen LogP contribution in [0.15, 0.2) is 16.7 Å². The third-order valence-electron chi connectivity index (χ3n) is 1.99. The van der Waals surface area contributed by atoms with Gasteiger partial charge in [-0.15, -0.1) is 0 Å². The topological polar surface area (TPSA) is 63.3 Å². The highest BCUT2D eigenvalue weighted by Crippen LogP contribution is 2.23. The Morgan fingerprint density at radius 2 is 2.29 bits per heavy atom. The number of fused-ring (bicyclic) bond motifs is 1. The average Bonchev–Trinajstić information content (AvgIpc) is 2.49. The molecule has 0 aliphatic rings. The zero-order valence-electron chi connectivity index (χ0n) is 7.24. The van der Waals surface area contributed by atoms with E-state index in [0.717, 1.165) is 0 Å². The predicted molar refractivity (Wildman–Crippen MR) is 45.7 cm³/mol. The standard InChI is InChI=1S/C9H6FNO3/c1-4-5-2-3-6(9(12)13)7(10)8(5)14-11-4/h2-3H,1H3,(H,12,13). The molecule has 0 spiro atoms. The van der Waals surface area contributed by atoms with Crippen LogP contribution in [0.5, 0.6) is 0 Å². The highest BCUT2D eigenvalue weighted by Gasteiger charge is 2.17. The second kappa shape index (κ2) is 2.80. The predicted octanol–water partition coefficient (Wildman–Crippen LogP) is 1.97. The highest BCUT2D eigenvalue weighted by molar-refractivity contribution is 5.93. The van der Waals surface area contributed by atoms with Gasteiger partial charge in [-0.1, -0.05) is 5.16 Å². The van der Waals surface area contributed by atoms with Gasteiger partial charge in [0.25, 0.3) is 0 Å². The molecule has 0 radical (unpaired) electrons. The summed E-state index contributed by atoms with van der Waals surface area (Å²) < 4.78 is 18.1. The molecule has 0 saturated carbocycles. The maximum Gasteiger partial charge on any atom is 0.338 e. The van der Waals surface area contributed by atoms with Crippen LogP contribution in [0.25, 0.3) is 11.0 Å². The number of halogens is 1. The minimum Gasteiger partial charge on any atom is -0.478 e. The van der Waals surface area contributed by atoms with Gasteiger partial charge < -0.3 is 9.63 Å².